The van der Waals surface area contributed by atoms with Gasteiger partial charge < -0.3 is 10.2 Å². The van der Waals surface area contributed by atoms with Crippen molar-refractivity contribution in [3.63, 3.8) is 0 Å². The lowest BCUT2D eigenvalue weighted by Crippen LogP contribution is -2.09. The first-order valence-electron chi connectivity index (χ1n) is 6.71. The van der Waals surface area contributed by atoms with Crippen LogP contribution in [0.15, 0.2) is 29.4 Å². The second-order valence-corrected chi connectivity index (χ2v) is 5.78. The Balaban J connectivity index is 2.35. The lowest BCUT2D eigenvalue weighted by Gasteiger charge is -2.13. The molecule has 0 radical (unpaired) electrons. The fraction of sp³-hybridized carbons (Fsp3) is 0.333. The predicted octanol–water partition coefficient (Wildman–Crippen LogP) is 3.71. The molecular formula is C15H20N4OS. The molecule has 2 rings (SSSR count). The maximum atomic E-state index is 5.92. The number of benzene rings is 1. The van der Waals surface area contributed by atoms with Crippen molar-refractivity contribution < 1.29 is 4.74 Å². The van der Waals surface area contributed by atoms with Crippen molar-refractivity contribution in [1.82, 2.24) is 9.97 Å². The maximum absolute atomic E-state index is 5.92. The Bertz CT molecular complexity index is 609. The van der Waals surface area contributed by atoms with Gasteiger partial charge in [0.1, 0.15) is 11.6 Å². The minimum absolute atomic E-state index is 0.446. The Kier molecular flexibility index (Phi) is 5.03. The average molecular weight is 304 g/mol. The van der Waals surface area contributed by atoms with Gasteiger partial charge in [0.25, 0.3) is 0 Å². The topological polar surface area (TPSA) is 73.1 Å². The number of ether oxygens (including phenoxy) is 1. The van der Waals surface area contributed by atoms with E-state index in [1.807, 2.05) is 13.2 Å². The van der Waals surface area contributed by atoms with Crippen LogP contribution in [0.25, 0.3) is 0 Å². The van der Waals surface area contributed by atoms with Crippen LogP contribution in [0.4, 0.5) is 5.82 Å². The highest BCUT2D eigenvalue weighted by Crippen LogP contribution is 2.29. The van der Waals surface area contributed by atoms with E-state index in [4.69, 9.17) is 10.6 Å². The molecule has 0 spiro atoms. The van der Waals surface area contributed by atoms with E-state index in [0.29, 0.717) is 22.8 Å². The van der Waals surface area contributed by atoms with Crippen LogP contribution in [-0.4, -0.2) is 16.2 Å². The number of hydrogen-bond acceptors (Lipinski definition) is 6. The summed E-state index contributed by atoms with van der Waals surface area (Å²) < 4.78 is 5.92. The Hall–Kier alpha value is -1.79. The molecule has 2 aromatic rings. The number of nitrogens with two attached hydrogens (primary N) is 1. The third kappa shape index (κ3) is 3.86. The van der Waals surface area contributed by atoms with Gasteiger partial charge in [-0.05, 0) is 36.3 Å². The van der Waals surface area contributed by atoms with E-state index >= 15 is 0 Å². The summed E-state index contributed by atoms with van der Waals surface area (Å²) in [4.78, 5) is 8.56. The van der Waals surface area contributed by atoms with Crippen molar-refractivity contribution in [2.24, 2.45) is 5.84 Å². The molecule has 0 saturated carbocycles. The molecule has 21 heavy (non-hydrogen) atoms. The molecule has 0 fully saturated rings. The number of thioether (sulfide) groups is 1. The Morgan fingerprint density at radius 3 is 2.62 bits per heavy atom. The molecule has 0 saturated heterocycles. The summed E-state index contributed by atoms with van der Waals surface area (Å²) in [6.45, 7) is 6.32. The van der Waals surface area contributed by atoms with E-state index in [0.717, 1.165) is 11.3 Å². The van der Waals surface area contributed by atoms with E-state index in [-0.39, 0.29) is 0 Å². The van der Waals surface area contributed by atoms with Gasteiger partial charge in [-0.25, -0.2) is 10.8 Å². The number of nitrogens with one attached hydrogen (secondary N) is 1. The number of rotatable bonds is 5. The van der Waals surface area contributed by atoms with Crippen LogP contribution in [-0.2, 0) is 0 Å². The smallest absolute Gasteiger partial charge is 0.225 e. The van der Waals surface area contributed by atoms with E-state index in [9.17, 15) is 0 Å². The third-order valence-electron chi connectivity index (χ3n) is 3.11. The van der Waals surface area contributed by atoms with Gasteiger partial charge in [0, 0.05) is 6.07 Å². The molecule has 1 heterocycles. The maximum Gasteiger partial charge on any atom is 0.225 e. The number of aromatic nitrogens is 2. The monoisotopic (exact) mass is 304 g/mol. The molecule has 0 amide bonds. The van der Waals surface area contributed by atoms with Gasteiger partial charge in [-0.15, -0.1) is 0 Å². The van der Waals surface area contributed by atoms with Crippen LogP contribution >= 0.6 is 11.8 Å². The van der Waals surface area contributed by atoms with Crippen LogP contribution in [0.2, 0.25) is 0 Å². The van der Waals surface area contributed by atoms with E-state index in [2.05, 4.69) is 47.4 Å². The zero-order valence-corrected chi connectivity index (χ0v) is 13.5. The number of hydrazine groups is 1. The average Bonchev–Trinajstić information content (AvgIpc) is 2.48. The van der Waals surface area contributed by atoms with Gasteiger partial charge in [0.15, 0.2) is 5.16 Å². The molecule has 1 aromatic carbocycles. The van der Waals surface area contributed by atoms with E-state index < -0.39 is 0 Å². The number of anilines is 1. The van der Waals surface area contributed by atoms with E-state index in [1.165, 1.54) is 17.3 Å². The van der Waals surface area contributed by atoms with Crippen molar-refractivity contribution in [3.05, 3.63) is 35.4 Å². The van der Waals surface area contributed by atoms with Gasteiger partial charge >= 0.3 is 0 Å². The van der Waals surface area contributed by atoms with Gasteiger partial charge in [0.2, 0.25) is 5.88 Å². The zero-order chi connectivity index (χ0) is 15.4. The molecule has 0 bridgehead atoms. The summed E-state index contributed by atoms with van der Waals surface area (Å²) in [5, 5.41) is 0.609. The molecule has 0 aliphatic carbocycles. The number of hydrogen-bond donors (Lipinski definition) is 2. The van der Waals surface area contributed by atoms with Gasteiger partial charge in [-0.1, -0.05) is 37.7 Å². The molecular weight excluding hydrogens is 284 g/mol. The summed E-state index contributed by atoms with van der Waals surface area (Å²) in [6.07, 6.45) is 1.91. The van der Waals surface area contributed by atoms with Gasteiger partial charge in [0.05, 0.1) is 0 Å². The highest BCUT2D eigenvalue weighted by Gasteiger charge is 2.09. The molecule has 0 aliphatic rings. The number of nitrogen functional groups attached to an aromatic ring is 1. The Morgan fingerprint density at radius 1 is 1.24 bits per heavy atom. The molecule has 3 N–H and O–H groups in total. The quantitative estimate of drug-likeness (QED) is 0.380. The van der Waals surface area contributed by atoms with Crippen LogP contribution < -0.4 is 16.0 Å². The first-order valence-corrected chi connectivity index (χ1v) is 7.94. The molecule has 0 atom stereocenters. The van der Waals surface area contributed by atoms with Crippen LogP contribution in [0, 0.1) is 6.92 Å². The minimum Gasteiger partial charge on any atom is -0.439 e. The van der Waals surface area contributed by atoms with Crippen molar-refractivity contribution in [3.8, 4) is 11.6 Å². The summed E-state index contributed by atoms with van der Waals surface area (Å²) in [5.41, 5.74) is 4.82. The molecule has 0 aliphatic heterocycles. The van der Waals surface area contributed by atoms with Gasteiger partial charge in [-0.3, -0.25) is 0 Å². The summed E-state index contributed by atoms with van der Waals surface area (Å²) in [7, 11) is 0. The van der Waals surface area contributed by atoms with Crippen LogP contribution in [0.3, 0.4) is 0 Å². The van der Waals surface area contributed by atoms with Crippen molar-refractivity contribution >= 4 is 17.6 Å². The second kappa shape index (κ2) is 6.78. The lowest BCUT2D eigenvalue weighted by atomic mass is 10.0. The van der Waals surface area contributed by atoms with Crippen molar-refractivity contribution in [2.45, 2.75) is 31.8 Å². The van der Waals surface area contributed by atoms with Crippen LogP contribution in [0.1, 0.15) is 30.9 Å². The molecule has 6 heteroatoms. The largest absolute Gasteiger partial charge is 0.439 e. The predicted molar refractivity (Wildman–Crippen MR) is 87.0 cm³/mol. The number of nitrogens with zero attached hydrogens (tertiary/aromatic N) is 2. The van der Waals surface area contributed by atoms with Crippen LogP contribution in [0.5, 0.6) is 11.6 Å². The minimum atomic E-state index is 0.446. The van der Waals surface area contributed by atoms with Crippen molar-refractivity contribution in [2.75, 3.05) is 11.7 Å². The fourth-order valence-electron chi connectivity index (χ4n) is 1.82. The van der Waals surface area contributed by atoms with E-state index in [1.54, 1.807) is 6.07 Å². The molecule has 1 aromatic heterocycles. The summed E-state index contributed by atoms with van der Waals surface area (Å²) in [5.74, 6) is 7.68. The molecule has 5 nitrogen and oxygen atoms in total. The zero-order valence-electron chi connectivity index (χ0n) is 12.7. The lowest BCUT2D eigenvalue weighted by molar-refractivity contribution is 0.452. The first-order chi connectivity index (χ1) is 10.0. The summed E-state index contributed by atoms with van der Waals surface area (Å²) in [6, 6.07) is 7.91. The normalized spacial score (nSPS) is 10.8. The van der Waals surface area contributed by atoms with Gasteiger partial charge in [-0.2, -0.15) is 4.98 Å². The standard InChI is InChI=1S/C15H20N4OS/c1-9(2)11-6-5-10(3)12(7-11)20-14-8-13(19-16)17-15(18-14)21-4/h5-9H,16H2,1-4H3,(H,17,18,19). The third-order valence-corrected chi connectivity index (χ3v) is 3.65. The fourth-order valence-corrected chi connectivity index (χ4v) is 2.19. The second-order valence-electron chi connectivity index (χ2n) is 5.00. The highest BCUT2D eigenvalue weighted by atomic mass is 32.2. The number of aryl methyl sites for hydroxylation is 1. The summed E-state index contributed by atoms with van der Waals surface area (Å²) >= 11 is 1.44. The first kappa shape index (κ1) is 15.6. The molecule has 0 unspecified atom stereocenters. The highest BCUT2D eigenvalue weighted by molar-refractivity contribution is 7.98. The Labute approximate surface area is 129 Å². The SMILES string of the molecule is CSc1nc(NN)cc(Oc2cc(C(C)C)ccc2C)n1. The Morgan fingerprint density at radius 2 is 2.00 bits per heavy atom. The van der Waals surface area contributed by atoms with Crippen molar-refractivity contribution in [1.29, 1.82) is 0 Å². The molecule has 112 valence electrons.